The molecule has 3 rings (SSSR count). The molecule has 0 aliphatic rings. The van der Waals surface area contributed by atoms with Crippen LogP contribution in [0.2, 0.25) is 0 Å². The number of hydrogen-bond donors (Lipinski definition) is 2. The number of nitrogens with one attached hydrogen (secondary N) is 1. The lowest BCUT2D eigenvalue weighted by Gasteiger charge is -2.32. The van der Waals surface area contributed by atoms with Crippen LogP contribution in [0.5, 0.6) is 0 Å². The zero-order valence-corrected chi connectivity index (χ0v) is 30.1. The average molecular weight is 698 g/mol. The molecule has 0 spiro atoms. The predicted molar refractivity (Wildman–Crippen MR) is 190 cm³/mol. The normalized spacial score (nSPS) is 12.6. The molecule has 3 aromatic rings. The summed E-state index contributed by atoms with van der Waals surface area (Å²) in [5.41, 5.74) is 0.716. The van der Waals surface area contributed by atoms with Crippen LogP contribution in [-0.4, -0.2) is 75.9 Å². The molecular weight excluding hydrogens is 648 g/mol. The molecule has 11 heteroatoms. The second-order valence-electron chi connectivity index (χ2n) is 12.9. The van der Waals surface area contributed by atoms with Gasteiger partial charge in [0.2, 0.25) is 0 Å². The van der Waals surface area contributed by atoms with Gasteiger partial charge in [-0.05, 0) is 99.4 Å². The van der Waals surface area contributed by atoms with Crippen molar-refractivity contribution >= 4 is 29.7 Å². The molecule has 0 radical (unpaired) electrons. The first-order valence-corrected chi connectivity index (χ1v) is 17.7. The van der Waals surface area contributed by atoms with Crippen molar-refractivity contribution in [3.63, 3.8) is 0 Å². The number of halogens is 2. The molecule has 3 amide bonds. The number of aliphatic hydroxyl groups excluding tert-OH is 1. The van der Waals surface area contributed by atoms with Gasteiger partial charge in [0.05, 0.1) is 18.7 Å². The Morgan fingerprint density at radius 1 is 0.857 bits per heavy atom. The van der Waals surface area contributed by atoms with E-state index < -0.39 is 41.4 Å². The van der Waals surface area contributed by atoms with Gasteiger partial charge in [-0.25, -0.2) is 13.6 Å². The van der Waals surface area contributed by atoms with Gasteiger partial charge < -0.3 is 25.0 Å². The summed E-state index contributed by atoms with van der Waals surface area (Å²) in [5, 5.41) is 14.5. The Labute approximate surface area is 293 Å². The molecule has 0 bridgehead atoms. The molecule has 0 aliphatic carbocycles. The first-order chi connectivity index (χ1) is 23.2. The minimum atomic E-state index is -1.38. The van der Waals surface area contributed by atoms with Crippen molar-refractivity contribution in [3.8, 4) is 0 Å². The Kier molecular flexibility index (Phi) is 15.1. The van der Waals surface area contributed by atoms with Crippen LogP contribution in [-0.2, 0) is 17.7 Å². The largest absolute Gasteiger partial charge is 0.444 e. The van der Waals surface area contributed by atoms with Crippen LogP contribution in [0.3, 0.4) is 0 Å². The molecule has 1 unspecified atom stereocenters. The summed E-state index contributed by atoms with van der Waals surface area (Å²) >= 11 is 1.65. The average Bonchev–Trinajstić information content (AvgIpc) is 3.02. The fourth-order valence-electron chi connectivity index (χ4n) is 5.35. The zero-order chi connectivity index (χ0) is 36.1. The molecule has 8 nitrogen and oxygen atoms in total. The lowest BCUT2D eigenvalue weighted by Crippen LogP contribution is -2.51. The molecule has 2 atom stereocenters. The third-order valence-electron chi connectivity index (χ3n) is 7.45. The molecule has 0 saturated heterocycles. The van der Waals surface area contributed by atoms with Gasteiger partial charge in [-0.2, -0.15) is 0 Å². The van der Waals surface area contributed by atoms with Crippen molar-refractivity contribution < 1.29 is 33.0 Å². The summed E-state index contributed by atoms with van der Waals surface area (Å²) < 4.78 is 34.1. The summed E-state index contributed by atoms with van der Waals surface area (Å²) in [4.78, 5) is 44.5. The van der Waals surface area contributed by atoms with E-state index in [4.69, 9.17) is 4.74 Å². The Bertz CT molecular complexity index is 1540. The monoisotopic (exact) mass is 697 g/mol. The summed E-state index contributed by atoms with van der Waals surface area (Å²) in [6.07, 6.45) is -0.626. The fourth-order valence-corrected chi connectivity index (χ4v) is 6.10. The van der Waals surface area contributed by atoms with Gasteiger partial charge in [0.15, 0.2) is 0 Å². The van der Waals surface area contributed by atoms with Gasteiger partial charge in [-0.1, -0.05) is 39.0 Å². The molecule has 3 aromatic carbocycles. The molecular formula is C38H49F2N3O5S. The number of amides is 3. The van der Waals surface area contributed by atoms with Crippen LogP contribution >= 0.6 is 11.8 Å². The van der Waals surface area contributed by atoms with Crippen LogP contribution < -0.4 is 5.32 Å². The van der Waals surface area contributed by atoms with E-state index in [-0.39, 0.29) is 36.5 Å². The Hall–Kier alpha value is -3.96. The minimum absolute atomic E-state index is 0.107. The summed E-state index contributed by atoms with van der Waals surface area (Å²) in [7, 11) is 0. The number of benzene rings is 3. The van der Waals surface area contributed by atoms with Crippen molar-refractivity contribution in [2.45, 2.75) is 90.0 Å². The number of hydrogen-bond acceptors (Lipinski definition) is 6. The van der Waals surface area contributed by atoms with Gasteiger partial charge in [0, 0.05) is 41.7 Å². The Morgan fingerprint density at radius 2 is 1.49 bits per heavy atom. The highest BCUT2D eigenvalue weighted by Gasteiger charge is 2.30. The molecule has 2 N–H and O–H groups in total. The van der Waals surface area contributed by atoms with Gasteiger partial charge in [0.1, 0.15) is 17.2 Å². The number of nitrogens with zero attached hydrogens (tertiary/aromatic N) is 2. The van der Waals surface area contributed by atoms with E-state index in [1.807, 2.05) is 45.0 Å². The quantitative estimate of drug-likeness (QED) is 0.151. The summed E-state index contributed by atoms with van der Waals surface area (Å²) in [6.45, 7) is 12.2. The van der Waals surface area contributed by atoms with Crippen LogP contribution in [0.15, 0.2) is 71.6 Å². The highest BCUT2D eigenvalue weighted by Crippen LogP contribution is 2.22. The molecule has 0 heterocycles. The predicted octanol–water partition coefficient (Wildman–Crippen LogP) is 7.48. The Morgan fingerprint density at radius 3 is 2.10 bits per heavy atom. The zero-order valence-electron chi connectivity index (χ0n) is 29.3. The maximum atomic E-state index is 14.2. The van der Waals surface area contributed by atoms with Crippen molar-refractivity contribution in [3.05, 3.63) is 101 Å². The maximum absolute atomic E-state index is 14.2. The molecule has 0 aromatic heterocycles. The highest BCUT2D eigenvalue weighted by molar-refractivity contribution is 7.99. The number of carbonyl (C=O) groups is 3. The number of thioether (sulfide) groups is 1. The van der Waals surface area contributed by atoms with E-state index in [0.717, 1.165) is 47.3 Å². The third kappa shape index (κ3) is 12.8. The molecule has 266 valence electrons. The van der Waals surface area contributed by atoms with E-state index in [1.54, 1.807) is 55.6 Å². The second kappa shape index (κ2) is 18.7. The number of rotatable bonds is 16. The van der Waals surface area contributed by atoms with E-state index in [0.29, 0.717) is 18.7 Å². The van der Waals surface area contributed by atoms with Gasteiger partial charge in [-0.3, -0.25) is 9.59 Å². The number of carbonyl (C=O) groups excluding carboxylic acids is 3. The van der Waals surface area contributed by atoms with E-state index >= 15 is 0 Å². The third-order valence-corrected chi connectivity index (χ3v) is 8.32. The first-order valence-electron chi connectivity index (χ1n) is 16.8. The summed E-state index contributed by atoms with van der Waals surface area (Å²) in [6, 6.07) is 15.9. The molecule has 0 saturated carbocycles. The minimum Gasteiger partial charge on any atom is -0.444 e. The van der Waals surface area contributed by atoms with E-state index in [9.17, 15) is 28.3 Å². The fraction of sp³-hybridized carbons (Fsp3) is 0.447. The van der Waals surface area contributed by atoms with Crippen molar-refractivity contribution in [1.82, 2.24) is 15.1 Å². The van der Waals surface area contributed by atoms with Crippen LogP contribution in [0, 0.1) is 11.6 Å². The van der Waals surface area contributed by atoms with Crippen LogP contribution in [0.25, 0.3) is 0 Å². The van der Waals surface area contributed by atoms with Gasteiger partial charge in [0.25, 0.3) is 11.8 Å². The second-order valence-corrected chi connectivity index (χ2v) is 14.3. The highest BCUT2D eigenvalue weighted by atomic mass is 32.2. The Balaban J connectivity index is 1.94. The van der Waals surface area contributed by atoms with E-state index in [2.05, 4.69) is 5.32 Å². The van der Waals surface area contributed by atoms with Crippen LogP contribution in [0.1, 0.15) is 86.2 Å². The topological polar surface area (TPSA) is 99.2 Å². The number of ether oxygens (including phenoxy) is 1. The van der Waals surface area contributed by atoms with Crippen molar-refractivity contribution in [2.24, 2.45) is 0 Å². The van der Waals surface area contributed by atoms with Crippen molar-refractivity contribution in [1.29, 1.82) is 0 Å². The van der Waals surface area contributed by atoms with Gasteiger partial charge >= 0.3 is 6.09 Å². The SMILES string of the molecule is CCCN(CCC)C(=O)c1cccc(C(=O)NC(Cc2cc(F)cc(F)c2)[C@H](O)CN(Cc2cccc(SCC)c2)C(=O)OC(C)(C)C)c1. The smallest absolute Gasteiger partial charge is 0.410 e. The number of aliphatic hydroxyl groups is 1. The van der Waals surface area contributed by atoms with Gasteiger partial charge in [-0.15, -0.1) is 11.8 Å². The van der Waals surface area contributed by atoms with Crippen molar-refractivity contribution in [2.75, 3.05) is 25.4 Å². The lowest BCUT2D eigenvalue weighted by molar-refractivity contribution is 0.00837. The molecule has 0 aliphatic heterocycles. The maximum Gasteiger partial charge on any atom is 0.410 e. The summed E-state index contributed by atoms with van der Waals surface area (Å²) in [5.74, 6) is -1.53. The standard InChI is InChI=1S/C38H49F2N3O5S/c1-7-16-42(17-8-2)36(46)29-14-11-13-28(22-29)35(45)41-33(21-27-18-30(39)23-31(40)19-27)34(44)25-43(37(47)48-38(4,5)6)24-26-12-10-15-32(20-26)49-9-3/h10-15,18-20,22-23,33-34,44H,7-9,16-17,21,24-25H2,1-6H3,(H,41,45)/t33?,34-/m1/s1. The van der Waals surface area contributed by atoms with Crippen LogP contribution in [0.4, 0.5) is 13.6 Å². The lowest BCUT2D eigenvalue weighted by atomic mass is 9.99. The molecule has 49 heavy (non-hydrogen) atoms. The first kappa shape index (κ1) is 39.5. The molecule has 0 fully saturated rings. The van der Waals surface area contributed by atoms with E-state index in [1.165, 1.54) is 11.0 Å².